The zero-order valence-corrected chi connectivity index (χ0v) is 9.26. The second-order valence-corrected chi connectivity index (χ2v) is 3.51. The molecule has 2 rings (SSSR count). The summed E-state index contributed by atoms with van der Waals surface area (Å²) in [6.07, 6.45) is 1.48. The van der Waals surface area contributed by atoms with Crippen molar-refractivity contribution in [2.24, 2.45) is 0 Å². The first-order valence-corrected chi connectivity index (χ1v) is 4.38. The molecule has 2 aromatic rings. The largest absolute Gasteiger partial charge is 0.478 e. The first kappa shape index (κ1) is 11.1. The van der Waals surface area contributed by atoms with Gasteiger partial charge in [0.2, 0.25) is 0 Å². The quantitative estimate of drug-likeness (QED) is 0.870. The van der Waals surface area contributed by atoms with Crippen LogP contribution < -0.4 is 0 Å². The molecule has 0 atom stereocenters. The highest BCUT2D eigenvalue weighted by Crippen LogP contribution is 2.25. The zero-order chi connectivity index (χ0) is 9.42. The number of carbonyl (C=O) groups is 1. The number of furan rings is 1. The van der Waals surface area contributed by atoms with E-state index in [0.717, 1.165) is 9.86 Å². The molecule has 1 N–H and O–H groups in total. The second kappa shape index (κ2) is 4.02. The number of fused-ring (bicyclic) bond motifs is 1. The highest BCUT2D eigenvalue weighted by Gasteiger charge is 2.11. The van der Waals surface area contributed by atoms with Gasteiger partial charge in [-0.15, -0.1) is 12.4 Å². The maximum absolute atomic E-state index is 10.8. The molecule has 0 aliphatic rings. The molecular weight excluding hydrogens is 271 g/mol. The topological polar surface area (TPSA) is 50.4 Å². The number of hydrogen-bond donors (Lipinski definition) is 1. The van der Waals surface area contributed by atoms with Crippen molar-refractivity contribution in [2.75, 3.05) is 0 Å². The molecule has 0 aliphatic heterocycles. The van der Waals surface area contributed by atoms with Crippen LogP contribution in [0, 0.1) is 0 Å². The lowest BCUT2D eigenvalue weighted by molar-refractivity contribution is 0.0698. The molecule has 5 heteroatoms. The van der Waals surface area contributed by atoms with Crippen LogP contribution in [0.2, 0.25) is 0 Å². The summed E-state index contributed by atoms with van der Waals surface area (Å²) in [5.74, 6) is -0.985. The van der Waals surface area contributed by atoms with Crippen molar-refractivity contribution in [1.29, 1.82) is 0 Å². The number of carboxylic acids is 1. The molecule has 1 aromatic carbocycles. The Hall–Kier alpha value is -1.00. The van der Waals surface area contributed by atoms with Crippen molar-refractivity contribution < 1.29 is 14.3 Å². The molecule has 3 nitrogen and oxygen atoms in total. The van der Waals surface area contributed by atoms with Gasteiger partial charge < -0.3 is 9.52 Å². The van der Waals surface area contributed by atoms with Gasteiger partial charge in [0.1, 0.15) is 11.1 Å². The van der Waals surface area contributed by atoms with Crippen molar-refractivity contribution in [2.45, 2.75) is 0 Å². The van der Waals surface area contributed by atoms with Gasteiger partial charge in [-0.05, 0) is 18.2 Å². The number of aromatic carboxylic acids is 1. The number of halogens is 2. The summed E-state index contributed by atoms with van der Waals surface area (Å²) in [7, 11) is 0. The molecule has 1 aromatic heterocycles. The van der Waals surface area contributed by atoms with Crippen molar-refractivity contribution in [3.8, 4) is 0 Å². The number of rotatable bonds is 1. The van der Waals surface area contributed by atoms with E-state index in [2.05, 4.69) is 15.9 Å². The van der Waals surface area contributed by atoms with Crippen molar-refractivity contribution >= 4 is 45.3 Å². The van der Waals surface area contributed by atoms with Crippen LogP contribution in [0.3, 0.4) is 0 Å². The molecule has 0 radical (unpaired) electrons. The molecule has 0 aliphatic carbocycles. The van der Waals surface area contributed by atoms with E-state index >= 15 is 0 Å². The third kappa shape index (κ3) is 1.76. The molecule has 14 heavy (non-hydrogen) atoms. The Morgan fingerprint density at radius 1 is 1.43 bits per heavy atom. The minimum atomic E-state index is -0.985. The van der Waals surface area contributed by atoms with E-state index in [9.17, 15) is 4.79 Å². The van der Waals surface area contributed by atoms with Crippen LogP contribution in [0.4, 0.5) is 0 Å². The lowest BCUT2D eigenvalue weighted by Crippen LogP contribution is -1.96. The number of benzene rings is 1. The van der Waals surface area contributed by atoms with Crippen LogP contribution in [-0.2, 0) is 0 Å². The van der Waals surface area contributed by atoms with Gasteiger partial charge in [0.05, 0.1) is 6.26 Å². The summed E-state index contributed by atoms with van der Waals surface area (Å²) in [6.45, 7) is 0. The Morgan fingerprint density at radius 3 is 2.79 bits per heavy atom. The van der Waals surface area contributed by atoms with Crippen LogP contribution in [0.15, 0.2) is 33.4 Å². The van der Waals surface area contributed by atoms with Gasteiger partial charge in [0.25, 0.3) is 0 Å². The SMILES string of the molecule is Cl.O=C(O)c1cc(Br)cc2ccoc12. The van der Waals surface area contributed by atoms with E-state index in [4.69, 9.17) is 9.52 Å². The van der Waals surface area contributed by atoms with Gasteiger partial charge in [-0.3, -0.25) is 0 Å². The third-order valence-corrected chi connectivity index (χ3v) is 2.20. The molecule has 0 bridgehead atoms. The number of carboxylic acid groups (broad SMARTS) is 1. The Morgan fingerprint density at radius 2 is 2.14 bits per heavy atom. The lowest BCUT2D eigenvalue weighted by Gasteiger charge is -1.96. The predicted octanol–water partition coefficient (Wildman–Crippen LogP) is 3.32. The van der Waals surface area contributed by atoms with E-state index in [1.807, 2.05) is 6.07 Å². The average molecular weight is 278 g/mol. The van der Waals surface area contributed by atoms with E-state index in [-0.39, 0.29) is 18.0 Å². The predicted molar refractivity (Wildman–Crippen MR) is 58.1 cm³/mol. The first-order valence-electron chi connectivity index (χ1n) is 3.58. The lowest BCUT2D eigenvalue weighted by atomic mass is 10.1. The van der Waals surface area contributed by atoms with Gasteiger partial charge in [0, 0.05) is 9.86 Å². The summed E-state index contributed by atoms with van der Waals surface area (Å²) in [4.78, 5) is 10.8. The Kier molecular flexibility index (Phi) is 3.18. The standard InChI is InChI=1S/C9H5BrO3.ClH/c10-6-3-5-1-2-13-8(5)7(4-6)9(11)12;/h1-4H,(H,11,12);1H. The fourth-order valence-corrected chi connectivity index (χ4v) is 1.68. The van der Waals surface area contributed by atoms with Crippen molar-refractivity contribution in [3.05, 3.63) is 34.5 Å². The Bertz CT molecular complexity index is 478. The normalized spacial score (nSPS) is 9.79. The third-order valence-electron chi connectivity index (χ3n) is 1.75. The van der Waals surface area contributed by atoms with Crippen LogP contribution in [0.5, 0.6) is 0 Å². The number of hydrogen-bond acceptors (Lipinski definition) is 2. The fourth-order valence-electron chi connectivity index (χ4n) is 1.20. The molecular formula is C9H6BrClO3. The smallest absolute Gasteiger partial charge is 0.339 e. The fraction of sp³-hybridized carbons (Fsp3) is 0. The van der Waals surface area contributed by atoms with Gasteiger partial charge in [0.15, 0.2) is 0 Å². The molecule has 0 saturated carbocycles. The highest BCUT2D eigenvalue weighted by molar-refractivity contribution is 9.10. The molecule has 0 unspecified atom stereocenters. The zero-order valence-electron chi connectivity index (χ0n) is 6.86. The Labute approximate surface area is 94.2 Å². The minimum absolute atomic E-state index is 0. The molecule has 74 valence electrons. The molecule has 0 amide bonds. The summed E-state index contributed by atoms with van der Waals surface area (Å²) >= 11 is 3.23. The summed E-state index contributed by atoms with van der Waals surface area (Å²) in [5.41, 5.74) is 0.588. The van der Waals surface area contributed by atoms with Gasteiger partial charge >= 0.3 is 5.97 Å². The van der Waals surface area contributed by atoms with Crippen molar-refractivity contribution in [1.82, 2.24) is 0 Å². The van der Waals surface area contributed by atoms with Crippen LogP contribution in [0.25, 0.3) is 11.0 Å². The van der Waals surface area contributed by atoms with Gasteiger partial charge in [-0.25, -0.2) is 4.79 Å². The molecule has 0 fully saturated rings. The molecule has 1 heterocycles. The monoisotopic (exact) mass is 276 g/mol. The average Bonchev–Trinajstić information content (AvgIpc) is 2.49. The van der Waals surface area contributed by atoms with E-state index in [1.165, 1.54) is 12.3 Å². The Balaban J connectivity index is 0.000000980. The first-order chi connectivity index (χ1) is 6.18. The summed E-state index contributed by atoms with van der Waals surface area (Å²) in [5, 5.41) is 9.63. The maximum atomic E-state index is 10.8. The van der Waals surface area contributed by atoms with Crippen LogP contribution in [0.1, 0.15) is 10.4 Å². The van der Waals surface area contributed by atoms with E-state index in [1.54, 1.807) is 6.07 Å². The summed E-state index contributed by atoms with van der Waals surface area (Å²) < 4.78 is 5.80. The maximum Gasteiger partial charge on any atom is 0.339 e. The van der Waals surface area contributed by atoms with Crippen LogP contribution >= 0.6 is 28.3 Å². The molecule has 0 saturated heterocycles. The highest BCUT2D eigenvalue weighted by atomic mass is 79.9. The summed E-state index contributed by atoms with van der Waals surface area (Å²) in [6, 6.07) is 5.06. The van der Waals surface area contributed by atoms with Crippen molar-refractivity contribution in [3.63, 3.8) is 0 Å². The van der Waals surface area contributed by atoms with E-state index in [0.29, 0.717) is 5.58 Å². The van der Waals surface area contributed by atoms with Gasteiger partial charge in [-0.1, -0.05) is 15.9 Å². The van der Waals surface area contributed by atoms with Crippen LogP contribution in [-0.4, -0.2) is 11.1 Å². The van der Waals surface area contributed by atoms with Gasteiger partial charge in [-0.2, -0.15) is 0 Å². The second-order valence-electron chi connectivity index (χ2n) is 2.60. The van der Waals surface area contributed by atoms with E-state index < -0.39 is 5.97 Å². The minimum Gasteiger partial charge on any atom is -0.478 e. The molecule has 0 spiro atoms.